The number of thioether (sulfide) groups is 1. The van der Waals surface area contributed by atoms with Crippen molar-refractivity contribution in [1.82, 2.24) is 15.2 Å². The van der Waals surface area contributed by atoms with Crippen molar-refractivity contribution < 1.29 is 13.6 Å². The fourth-order valence-electron chi connectivity index (χ4n) is 2.71. The molecule has 0 radical (unpaired) electrons. The highest BCUT2D eigenvalue weighted by Crippen LogP contribution is 2.28. The van der Waals surface area contributed by atoms with Crippen LogP contribution in [0.4, 0.5) is 9.52 Å². The Morgan fingerprint density at radius 1 is 1.16 bits per heavy atom. The van der Waals surface area contributed by atoms with Gasteiger partial charge in [-0.05, 0) is 42.0 Å². The second kappa shape index (κ2) is 10.2. The maximum Gasteiger partial charge on any atom is 0.226 e. The van der Waals surface area contributed by atoms with Crippen molar-refractivity contribution in [3.05, 3.63) is 77.6 Å². The Bertz CT molecular complexity index is 1250. The third kappa shape index (κ3) is 5.78. The smallest absolute Gasteiger partial charge is 0.226 e. The SMILES string of the molecule is N#Cc1ccc(CSc2nnc(NC(=O)CCc3ncc(-c4ccc(F)cc4)o3)s2)cc1. The van der Waals surface area contributed by atoms with Gasteiger partial charge in [0.25, 0.3) is 0 Å². The lowest BCUT2D eigenvalue weighted by Gasteiger charge is -1.99. The van der Waals surface area contributed by atoms with Crippen LogP contribution in [0.15, 0.2) is 63.5 Å². The molecule has 0 spiro atoms. The maximum absolute atomic E-state index is 13.0. The number of rotatable bonds is 8. The zero-order valence-electron chi connectivity index (χ0n) is 16.6. The minimum atomic E-state index is -0.322. The van der Waals surface area contributed by atoms with E-state index >= 15 is 0 Å². The molecule has 0 unspecified atom stereocenters. The average molecular weight is 466 g/mol. The van der Waals surface area contributed by atoms with E-state index in [1.165, 1.54) is 35.2 Å². The summed E-state index contributed by atoms with van der Waals surface area (Å²) in [6.45, 7) is 0. The van der Waals surface area contributed by atoms with Crippen LogP contribution in [-0.4, -0.2) is 21.1 Å². The number of hydrogen-bond acceptors (Lipinski definition) is 8. The zero-order valence-corrected chi connectivity index (χ0v) is 18.3. The van der Waals surface area contributed by atoms with Gasteiger partial charge in [-0.15, -0.1) is 10.2 Å². The van der Waals surface area contributed by atoms with E-state index < -0.39 is 0 Å². The molecule has 7 nitrogen and oxygen atoms in total. The fourth-order valence-corrected chi connectivity index (χ4v) is 4.44. The Labute approximate surface area is 191 Å². The molecule has 2 heterocycles. The molecule has 0 atom stereocenters. The molecule has 0 bridgehead atoms. The summed E-state index contributed by atoms with van der Waals surface area (Å²) in [5.74, 6) is 1.10. The highest BCUT2D eigenvalue weighted by Gasteiger charge is 2.12. The predicted octanol–water partition coefficient (Wildman–Crippen LogP) is 5.07. The van der Waals surface area contributed by atoms with Gasteiger partial charge in [0.15, 0.2) is 16.0 Å². The van der Waals surface area contributed by atoms with Gasteiger partial charge in [0.2, 0.25) is 11.0 Å². The summed E-state index contributed by atoms with van der Waals surface area (Å²) in [7, 11) is 0. The molecule has 0 aliphatic rings. The van der Waals surface area contributed by atoms with E-state index in [1.54, 1.807) is 30.5 Å². The number of aryl methyl sites for hydroxylation is 1. The van der Waals surface area contributed by atoms with Crippen LogP contribution in [-0.2, 0) is 17.0 Å². The Morgan fingerprint density at radius 3 is 2.69 bits per heavy atom. The van der Waals surface area contributed by atoms with Gasteiger partial charge in [-0.25, -0.2) is 9.37 Å². The van der Waals surface area contributed by atoms with Crippen molar-refractivity contribution in [2.75, 3.05) is 5.32 Å². The monoisotopic (exact) mass is 465 g/mol. The lowest BCUT2D eigenvalue weighted by Crippen LogP contribution is -2.12. The minimum absolute atomic E-state index is 0.177. The summed E-state index contributed by atoms with van der Waals surface area (Å²) in [6.07, 6.45) is 2.06. The predicted molar refractivity (Wildman–Crippen MR) is 119 cm³/mol. The van der Waals surface area contributed by atoms with Crippen LogP contribution in [0.2, 0.25) is 0 Å². The van der Waals surface area contributed by atoms with E-state index in [9.17, 15) is 9.18 Å². The second-order valence-electron chi connectivity index (χ2n) is 6.64. The van der Waals surface area contributed by atoms with E-state index in [4.69, 9.17) is 9.68 Å². The summed E-state index contributed by atoms with van der Waals surface area (Å²) in [5, 5.41) is 20.1. The van der Waals surface area contributed by atoms with Crippen molar-refractivity contribution in [2.45, 2.75) is 22.9 Å². The van der Waals surface area contributed by atoms with E-state index in [0.717, 1.165) is 15.5 Å². The van der Waals surface area contributed by atoms with Crippen LogP contribution in [0.1, 0.15) is 23.4 Å². The van der Waals surface area contributed by atoms with Gasteiger partial charge >= 0.3 is 0 Å². The Hall–Kier alpha value is -3.55. The molecule has 0 fully saturated rings. The first-order chi connectivity index (χ1) is 15.6. The molecule has 1 N–H and O–H groups in total. The summed E-state index contributed by atoms with van der Waals surface area (Å²) in [5.41, 5.74) is 2.41. The normalized spacial score (nSPS) is 10.6. The molecule has 0 aliphatic heterocycles. The summed E-state index contributed by atoms with van der Waals surface area (Å²) >= 11 is 2.81. The lowest BCUT2D eigenvalue weighted by molar-refractivity contribution is -0.116. The number of nitriles is 1. The van der Waals surface area contributed by atoms with Crippen LogP contribution in [0.25, 0.3) is 11.3 Å². The molecule has 0 saturated heterocycles. The topological polar surface area (TPSA) is 105 Å². The lowest BCUT2D eigenvalue weighted by atomic mass is 10.2. The molecule has 2 aromatic heterocycles. The Kier molecular flexibility index (Phi) is 6.89. The Balaban J connectivity index is 1.24. The summed E-state index contributed by atoms with van der Waals surface area (Å²) < 4.78 is 19.4. The van der Waals surface area contributed by atoms with E-state index in [2.05, 4.69) is 26.6 Å². The van der Waals surface area contributed by atoms with Gasteiger partial charge in [0, 0.05) is 24.2 Å². The van der Waals surface area contributed by atoms with Gasteiger partial charge in [0.05, 0.1) is 17.8 Å². The highest BCUT2D eigenvalue weighted by atomic mass is 32.2. The molecular formula is C22H16FN5O2S2. The first kappa shape index (κ1) is 21.7. The number of nitrogens with one attached hydrogen (secondary N) is 1. The van der Waals surface area contributed by atoms with E-state index in [1.807, 2.05) is 12.1 Å². The molecule has 2 aromatic carbocycles. The van der Waals surface area contributed by atoms with E-state index in [-0.39, 0.29) is 18.1 Å². The number of oxazole rings is 1. The van der Waals surface area contributed by atoms with E-state index in [0.29, 0.717) is 34.5 Å². The van der Waals surface area contributed by atoms with Crippen LogP contribution in [0, 0.1) is 17.1 Å². The molecule has 0 saturated carbocycles. The third-order valence-electron chi connectivity index (χ3n) is 4.35. The zero-order chi connectivity index (χ0) is 22.3. The van der Waals surface area contributed by atoms with Crippen molar-refractivity contribution in [2.24, 2.45) is 0 Å². The molecule has 0 aliphatic carbocycles. The number of anilines is 1. The van der Waals surface area contributed by atoms with Crippen molar-refractivity contribution in [1.29, 1.82) is 5.26 Å². The number of benzene rings is 2. The van der Waals surface area contributed by atoms with Crippen LogP contribution in [0.3, 0.4) is 0 Å². The van der Waals surface area contributed by atoms with Gasteiger partial charge in [-0.2, -0.15) is 5.26 Å². The first-order valence-electron chi connectivity index (χ1n) is 9.55. The van der Waals surface area contributed by atoms with Crippen molar-refractivity contribution >= 4 is 34.1 Å². The molecule has 4 aromatic rings. The number of carbonyl (C=O) groups excluding carboxylic acids is 1. The Morgan fingerprint density at radius 2 is 1.94 bits per heavy atom. The molecule has 160 valence electrons. The van der Waals surface area contributed by atoms with Crippen molar-refractivity contribution in [3.8, 4) is 17.4 Å². The molecule has 1 amide bonds. The maximum atomic E-state index is 13.0. The minimum Gasteiger partial charge on any atom is -0.441 e. The van der Waals surface area contributed by atoms with Crippen molar-refractivity contribution in [3.63, 3.8) is 0 Å². The molecule has 4 rings (SSSR count). The molecular weight excluding hydrogens is 449 g/mol. The number of nitrogens with zero attached hydrogens (tertiary/aromatic N) is 4. The van der Waals surface area contributed by atoms with Gasteiger partial charge < -0.3 is 9.73 Å². The highest BCUT2D eigenvalue weighted by molar-refractivity contribution is 8.00. The molecule has 10 heteroatoms. The second-order valence-corrected chi connectivity index (χ2v) is 8.84. The summed E-state index contributed by atoms with van der Waals surface area (Å²) in [6, 6.07) is 15.4. The average Bonchev–Trinajstić information content (AvgIpc) is 3.47. The van der Waals surface area contributed by atoms with Gasteiger partial charge in [0.1, 0.15) is 5.82 Å². The molecule has 32 heavy (non-hydrogen) atoms. The first-order valence-corrected chi connectivity index (χ1v) is 11.3. The number of aromatic nitrogens is 3. The number of hydrogen-bond donors (Lipinski definition) is 1. The largest absolute Gasteiger partial charge is 0.441 e. The quantitative estimate of drug-likeness (QED) is 0.286. The number of halogens is 1. The fraction of sp³-hybridized carbons (Fsp3) is 0.136. The standard InChI is InChI=1S/C22H16FN5O2S2/c23-17-7-5-16(6-8-17)18-12-25-20(30-18)10-9-19(29)26-21-27-28-22(32-21)31-13-15-3-1-14(11-24)2-4-15/h1-8,12H,9-10,13H2,(H,26,27,29). The third-order valence-corrected chi connectivity index (χ3v) is 6.39. The van der Waals surface area contributed by atoms with Gasteiger partial charge in [-0.3, -0.25) is 4.79 Å². The van der Waals surface area contributed by atoms with Crippen LogP contribution < -0.4 is 5.32 Å². The van der Waals surface area contributed by atoms with Crippen LogP contribution >= 0.6 is 23.1 Å². The summed E-state index contributed by atoms with van der Waals surface area (Å²) in [4.78, 5) is 16.4. The number of carbonyl (C=O) groups is 1. The number of amides is 1. The van der Waals surface area contributed by atoms with Crippen LogP contribution in [0.5, 0.6) is 0 Å². The van der Waals surface area contributed by atoms with Gasteiger partial charge in [-0.1, -0.05) is 35.2 Å².